The number of hydrogen-bond acceptors (Lipinski definition) is 4. The Kier molecular flexibility index (Phi) is 5.72. The van der Waals surface area contributed by atoms with Crippen molar-refractivity contribution in [3.8, 4) is 0 Å². The maximum absolute atomic E-state index is 11.7. The van der Waals surface area contributed by atoms with Crippen molar-refractivity contribution in [1.29, 1.82) is 0 Å². The summed E-state index contributed by atoms with van der Waals surface area (Å²) in [6, 6.07) is 0. The second kappa shape index (κ2) is 7.55. The molecule has 1 N–H and O–H groups in total. The molecule has 1 atom stereocenters. The zero-order chi connectivity index (χ0) is 13.5. The average Bonchev–Trinajstić information content (AvgIpc) is 2.81. The number of ether oxygens (including phenoxy) is 1. The highest BCUT2D eigenvalue weighted by molar-refractivity contribution is 7.99. The molecule has 5 nitrogen and oxygen atoms in total. The van der Waals surface area contributed by atoms with E-state index in [1.54, 1.807) is 18.0 Å². The standard InChI is InChI=1S/C13H21N3O2S/c1-16-6-4-15-13(16)19-8-5-14-12(17)9-11-3-2-7-18-10-11/h4,6,11H,2-3,5,7-10H2,1H3,(H,14,17)/t11-/m0/s1. The number of aromatic nitrogens is 2. The summed E-state index contributed by atoms with van der Waals surface area (Å²) in [4.78, 5) is 16.0. The Morgan fingerprint density at radius 2 is 2.58 bits per heavy atom. The lowest BCUT2D eigenvalue weighted by Gasteiger charge is -2.21. The molecule has 1 aromatic heterocycles. The van der Waals surface area contributed by atoms with Crippen LogP contribution in [0.4, 0.5) is 0 Å². The normalized spacial score (nSPS) is 19.3. The van der Waals surface area contributed by atoms with E-state index >= 15 is 0 Å². The van der Waals surface area contributed by atoms with E-state index in [2.05, 4.69) is 10.3 Å². The minimum Gasteiger partial charge on any atom is -0.381 e. The summed E-state index contributed by atoms with van der Waals surface area (Å²) < 4.78 is 7.35. The van der Waals surface area contributed by atoms with Gasteiger partial charge in [0.1, 0.15) is 0 Å². The molecule has 1 aromatic rings. The van der Waals surface area contributed by atoms with E-state index < -0.39 is 0 Å². The molecule has 0 aromatic carbocycles. The maximum Gasteiger partial charge on any atom is 0.220 e. The van der Waals surface area contributed by atoms with Gasteiger partial charge in [0.2, 0.25) is 5.91 Å². The van der Waals surface area contributed by atoms with Gasteiger partial charge in [-0.05, 0) is 18.8 Å². The minimum atomic E-state index is 0.135. The zero-order valence-corrected chi connectivity index (χ0v) is 12.1. The van der Waals surface area contributed by atoms with E-state index in [4.69, 9.17) is 4.74 Å². The zero-order valence-electron chi connectivity index (χ0n) is 11.3. The Hall–Kier alpha value is -1.01. The van der Waals surface area contributed by atoms with Gasteiger partial charge in [0.05, 0.1) is 0 Å². The SMILES string of the molecule is Cn1ccnc1SCCNC(=O)C[C@@H]1CCCOC1. The third-order valence-corrected chi connectivity index (χ3v) is 4.22. The molecule has 2 rings (SSSR count). The molecule has 6 heteroatoms. The van der Waals surface area contributed by atoms with Crippen molar-refractivity contribution in [3.05, 3.63) is 12.4 Å². The quantitative estimate of drug-likeness (QED) is 0.634. The van der Waals surface area contributed by atoms with Crippen LogP contribution in [0.3, 0.4) is 0 Å². The molecular weight excluding hydrogens is 262 g/mol. The molecule has 0 bridgehead atoms. The smallest absolute Gasteiger partial charge is 0.220 e. The number of carbonyl (C=O) groups is 1. The van der Waals surface area contributed by atoms with Crippen molar-refractivity contribution >= 4 is 17.7 Å². The van der Waals surface area contributed by atoms with Crippen LogP contribution in [0.5, 0.6) is 0 Å². The van der Waals surface area contributed by atoms with E-state index in [1.807, 2.05) is 17.8 Å². The number of hydrogen-bond donors (Lipinski definition) is 1. The third-order valence-electron chi connectivity index (χ3n) is 3.16. The highest BCUT2D eigenvalue weighted by Gasteiger charge is 2.17. The molecule has 0 radical (unpaired) electrons. The number of rotatable bonds is 6. The molecule has 2 heterocycles. The van der Waals surface area contributed by atoms with Crippen molar-refractivity contribution in [2.75, 3.05) is 25.5 Å². The molecule has 0 unspecified atom stereocenters. The molecule has 0 saturated carbocycles. The summed E-state index contributed by atoms with van der Waals surface area (Å²) in [7, 11) is 1.97. The number of nitrogens with one attached hydrogen (secondary N) is 1. The average molecular weight is 283 g/mol. The number of carbonyl (C=O) groups excluding carboxylic acids is 1. The van der Waals surface area contributed by atoms with Crippen LogP contribution in [0.2, 0.25) is 0 Å². The van der Waals surface area contributed by atoms with Gasteiger partial charge in [-0.3, -0.25) is 4.79 Å². The molecule has 106 valence electrons. The minimum absolute atomic E-state index is 0.135. The van der Waals surface area contributed by atoms with E-state index in [0.717, 1.165) is 37.0 Å². The summed E-state index contributed by atoms with van der Waals surface area (Å²) in [5.74, 6) is 1.38. The molecule has 1 aliphatic heterocycles. The predicted molar refractivity (Wildman–Crippen MR) is 75.1 cm³/mol. The monoisotopic (exact) mass is 283 g/mol. The van der Waals surface area contributed by atoms with Crippen LogP contribution in [0.25, 0.3) is 0 Å². The predicted octanol–water partition coefficient (Wildman–Crippen LogP) is 1.45. The number of thioether (sulfide) groups is 1. The number of imidazole rings is 1. The lowest BCUT2D eigenvalue weighted by atomic mass is 9.98. The van der Waals surface area contributed by atoms with Gasteiger partial charge in [0.15, 0.2) is 5.16 Å². The van der Waals surface area contributed by atoms with Crippen LogP contribution < -0.4 is 5.32 Å². The first-order valence-electron chi connectivity index (χ1n) is 6.70. The molecule has 1 amide bonds. The first-order valence-corrected chi connectivity index (χ1v) is 7.69. The van der Waals surface area contributed by atoms with Crippen LogP contribution in [0.1, 0.15) is 19.3 Å². The second-order valence-electron chi connectivity index (χ2n) is 4.81. The molecule has 1 saturated heterocycles. The first kappa shape index (κ1) is 14.4. The Labute approximate surface area is 118 Å². The third kappa shape index (κ3) is 4.87. The maximum atomic E-state index is 11.7. The van der Waals surface area contributed by atoms with E-state index in [9.17, 15) is 4.79 Å². The molecule has 1 aliphatic rings. The number of nitrogens with zero attached hydrogens (tertiary/aromatic N) is 2. The van der Waals surface area contributed by atoms with Crippen LogP contribution in [0.15, 0.2) is 17.6 Å². The van der Waals surface area contributed by atoms with Gasteiger partial charge in [-0.2, -0.15) is 0 Å². The van der Waals surface area contributed by atoms with Crippen LogP contribution in [0, 0.1) is 5.92 Å². The summed E-state index contributed by atoms with van der Waals surface area (Å²) in [5.41, 5.74) is 0. The van der Waals surface area contributed by atoms with Crippen molar-refractivity contribution in [2.45, 2.75) is 24.4 Å². The van der Waals surface area contributed by atoms with E-state index in [0.29, 0.717) is 18.9 Å². The fraction of sp³-hybridized carbons (Fsp3) is 0.692. The lowest BCUT2D eigenvalue weighted by Crippen LogP contribution is -2.30. The highest BCUT2D eigenvalue weighted by Crippen LogP contribution is 2.17. The van der Waals surface area contributed by atoms with Crippen LogP contribution >= 0.6 is 11.8 Å². The topological polar surface area (TPSA) is 56.2 Å². The lowest BCUT2D eigenvalue weighted by molar-refractivity contribution is -0.122. The van der Waals surface area contributed by atoms with E-state index in [1.165, 1.54) is 0 Å². The fourth-order valence-corrected chi connectivity index (χ4v) is 2.91. The number of amides is 1. The highest BCUT2D eigenvalue weighted by atomic mass is 32.2. The molecular formula is C13H21N3O2S. The van der Waals surface area contributed by atoms with Crippen LogP contribution in [-0.2, 0) is 16.6 Å². The Balaban J connectivity index is 1.57. The largest absolute Gasteiger partial charge is 0.381 e. The molecule has 1 fully saturated rings. The molecule has 0 aliphatic carbocycles. The van der Waals surface area contributed by atoms with Gasteiger partial charge >= 0.3 is 0 Å². The van der Waals surface area contributed by atoms with Gasteiger partial charge in [-0.1, -0.05) is 11.8 Å². The summed E-state index contributed by atoms with van der Waals surface area (Å²) in [6.45, 7) is 2.26. The van der Waals surface area contributed by atoms with Crippen molar-refractivity contribution in [1.82, 2.24) is 14.9 Å². The Morgan fingerprint density at radius 3 is 3.26 bits per heavy atom. The number of aryl methyl sites for hydroxylation is 1. The van der Waals surface area contributed by atoms with Gasteiger partial charge < -0.3 is 14.6 Å². The summed E-state index contributed by atoms with van der Waals surface area (Å²) >= 11 is 1.65. The van der Waals surface area contributed by atoms with Crippen molar-refractivity contribution < 1.29 is 9.53 Å². The summed E-state index contributed by atoms with van der Waals surface area (Å²) in [5, 5.41) is 3.94. The molecule has 19 heavy (non-hydrogen) atoms. The second-order valence-corrected chi connectivity index (χ2v) is 5.87. The van der Waals surface area contributed by atoms with Gasteiger partial charge in [-0.15, -0.1) is 0 Å². The van der Waals surface area contributed by atoms with Crippen LogP contribution in [-0.4, -0.2) is 41.0 Å². The van der Waals surface area contributed by atoms with Gasteiger partial charge in [0, 0.05) is 51.4 Å². The first-order chi connectivity index (χ1) is 9.25. The fourth-order valence-electron chi connectivity index (χ4n) is 2.13. The Morgan fingerprint density at radius 1 is 1.68 bits per heavy atom. The van der Waals surface area contributed by atoms with Gasteiger partial charge in [-0.25, -0.2) is 4.98 Å². The Bertz CT molecular complexity index is 402. The molecule has 0 spiro atoms. The summed E-state index contributed by atoms with van der Waals surface area (Å²) in [6.07, 6.45) is 6.48. The van der Waals surface area contributed by atoms with Crippen molar-refractivity contribution in [2.24, 2.45) is 13.0 Å². The van der Waals surface area contributed by atoms with E-state index in [-0.39, 0.29) is 5.91 Å². The van der Waals surface area contributed by atoms with Crippen molar-refractivity contribution in [3.63, 3.8) is 0 Å². The van der Waals surface area contributed by atoms with Gasteiger partial charge in [0.25, 0.3) is 0 Å².